The molecule has 0 bridgehead atoms. The lowest BCUT2D eigenvalue weighted by molar-refractivity contribution is 0.169. The Hall–Kier alpha value is -1.33. The Morgan fingerprint density at radius 1 is 1.25 bits per heavy atom. The Morgan fingerprint density at radius 3 is 2.31 bits per heavy atom. The van der Waals surface area contributed by atoms with Gasteiger partial charge in [-0.2, -0.15) is 5.26 Å². The number of benzene rings is 1. The highest BCUT2D eigenvalue weighted by molar-refractivity contribution is 5.26. The van der Waals surface area contributed by atoms with Crippen molar-refractivity contribution < 1.29 is 5.11 Å². The largest absolute Gasteiger partial charge is 0.388 e. The molecule has 0 aliphatic carbocycles. The molecular formula is C14H19NO. The smallest absolute Gasteiger partial charge is 0.0799 e. The predicted octanol–water partition coefficient (Wildman–Crippen LogP) is 3.54. The molecule has 0 saturated carbocycles. The summed E-state index contributed by atoms with van der Waals surface area (Å²) in [5.41, 5.74) is 2.21. The van der Waals surface area contributed by atoms with Gasteiger partial charge in [-0.3, -0.25) is 0 Å². The number of rotatable bonds is 5. The number of hydrogen-bond acceptors (Lipinski definition) is 2. The van der Waals surface area contributed by atoms with Crippen LogP contribution in [0.1, 0.15) is 56.3 Å². The maximum absolute atomic E-state index is 9.79. The molecular weight excluding hydrogens is 198 g/mol. The molecule has 1 aromatic rings. The topological polar surface area (TPSA) is 44.0 Å². The van der Waals surface area contributed by atoms with Gasteiger partial charge < -0.3 is 5.11 Å². The van der Waals surface area contributed by atoms with E-state index in [-0.39, 0.29) is 0 Å². The normalized spacial score (nSPS) is 14.1. The molecule has 0 spiro atoms. The van der Waals surface area contributed by atoms with Gasteiger partial charge >= 0.3 is 0 Å². The molecule has 0 radical (unpaired) electrons. The first-order chi connectivity index (χ1) is 7.69. The zero-order chi connectivity index (χ0) is 12.0. The lowest BCUT2D eigenvalue weighted by atomic mass is 9.96. The SMILES string of the molecule is CCC(C)c1ccc(C(O)CCC#N)cc1. The van der Waals surface area contributed by atoms with Crippen molar-refractivity contribution >= 4 is 0 Å². The lowest BCUT2D eigenvalue weighted by Gasteiger charge is -2.12. The van der Waals surface area contributed by atoms with Crippen molar-refractivity contribution in [3.63, 3.8) is 0 Å². The third-order valence-electron chi connectivity index (χ3n) is 3.03. The molecule has 2 unspecified atom stereocenters. The molecule has 2 nitrogen and oxygen atoms in total. The van der Waals surface area contributed by atoms with Crippen molar-refractivity contribution in [1.29, 1.82) is 5.26 Å². The van der Waals surface area contributed by atoms with Crippen molar-refractivity contribution in [2.75, 3.05) is 0 Å². The third kappa shape index (κ3) is 3.36. The van der Waals surface area contributed by atoms with Crippen LogP contribution in [0.4, 0.5) is 0 Å². The average Bonchev–Trinajstić information content (AvgIpc) is 2.35. The van der Waals surface area contributed by atoms with Gasteiger partial charge in [-0.05, 0) is 29.9 Å². The molecule has 0 fully saturated rings. The first-order valence-corrected chi connectivity index (χ1v) is 5.84. The summed E-state index contributed by atoms with van der Waals surface area (Å²) in [6.07, 6.45) is 1.52. The summed E-state index contributed by atoms with van der Waals surface area (Å²) in [5, 5.41) is 18.2. The fraction of sp³-hybridized carbons (Fsp3) is 0.500. The molecule has 0 saturated heterocycles. The number of nitriles is 1. The Labute approximate surface area is 97.5 Å². The maximum Gasteiger partial charge on any atom is 0.0799 e. The Bertz CT molecular complexity index is 350. The standard InChI is InChI=1S/C14H19NO/c1-3-11(2)12-6-8-13(9-7-12)14(16)5-4-10-15/h6-9,11,14,16H,3-5H2,1-2H3. The second-order valence-electron chi connectivity index (χ2n) is 4.19. The third-order valence-corrected chi connectivity index (χ3v) is 3.03. The molecule has 0 amide bonds. The minimum absolute atomic E-state index is 0.397. The summed E-state index contributed by atoms with van der Waals surface area (Å²) in [5.74, 6) is 0.560. The van der Waals surface area contributed by atoms with Gasteiger partial charge in [-0.25, -0.2) is 0 Å². The zero-order valence-electron chi connectivity index (χ0n) is 9.98. The van der Waals surface area contributed by atoms with Crippen LogP contribution in [0.15, 0.2) is 24.3 Å². The average molecular weight is 217 g/mol. The number of aliphatic hydroxyl groups excluding tert-OH is 1. The van der Waals surface area contributed by atoms with Gasteiger partial charge in [0.2, 0.25) is 0 Å². The Morgan fingerprint density at radius 2 is 1.81 bits per heavy atom. The van der Waals surface area contributed by atoms with Crippen LogP contribution in [0.2, 0.25) is 0 Å². The molecule has 0 heterocycles. The van der Waals surface area contributed by atoms with Gasteiger partial charge in [0.25, 0.3) is 0 Å². The molecule has 2 atom stereocenters. The molecule has 0 aliphatic heterocycles. The van der Waals surface area contributed by atoms with E-state index in [0.29, 0.717) is 18.8 Å². The van der Waals surface area contributed by atoms with Gasteiger partial charge in [0.05, 0.1) is 12.2 Å². The maximum atomic E-state index is 9.79. The monoisotopic (exact) mass is 217 g/mol. The van der Waals surface area contributed by atoms with E-state index in [2.05, 4.69) is 26.0 Å². The van der Waals surface area contributed by atoms with Crippen LogP contribution in [-0.4, -0.2) is 5.11 Å². The van der Waals surface area contributed by atoms with Crippen molar-refractivity contribution in [2.45, 2.75) is 45.1 Å². The van der Waals surface area contributed by atoms with Gasteiger partial charge in [0.1, 0.15) is 0 Å². The summed E-state index contributed by atoms with van der Waals surface area (Å²) in [4.78, 5) is 0. The zero-order valence-corrected chi connectivity index (χ0v) is 9.98. The van der Waals surface area contributed by atoms with Gasteiger partial charge in [0.15, 0.2) is 0 Å². The number of nitrogens with zero attached hydrogens (tertiary/aromatic N) is 1. The van der Waals surface area contributed by atoms with Crippen LogP contribution in [0.5, 0.6) is 0 Å². The van der Waals surface area contributed by atoms with Crippen LogP contribution in [-0.2, 0) is 0 Å². The van der Waals surface area contributed by atoms with Crippen LogP contribution in [0.25, 0.3) is 0 Å². The molecule has 1 aromatic carbocycles. The van der Waals surface area contributed by atoms with Crippen molar-refractivity contribution in [3.05, 3.63) is 35.4 Å². The highest BCUT2D eigenvalue weighted by atomic mass is 16.3. The fourth-order valence-corrected chi connectivity index (χ4v) is 1.65. The highest BCUT2D eigenvalue weighted by Crippen LogP contribution is 2.23. The van der Waals surface area contributed by atoms with Crippen molar-refractivity contribution in [1.82, 2.24) is 0 Å². The van der Waals surface area contributed by atoms with E-state index in [9.17, 15) is 5.11 Å². The molecule has 86 valence electrons. The minimum Gasteiger partial charge on any atom is -0.388 e. The summed E-state index contributed by atoms with van der Waals surface area (Å²) in [7, 11) is 0. The second kappa shape index (κ2) is 6.30. The first kappa shape index (κ1) is 12.7. The highest BCUT2D eigenvalue weighted by Gasteiger charge is 2.08. The summed E-state index contributed by atoms with van der Waals surface area (Å²) in [6, 6.07) is 10.1. The molecule has 1 rings (SSSR count). The van der Waals surface area contributed by atoms with Gasteiger partial charge in [-0.15, -0.1) is 0 Å². The van der Waals surface area contributed by atoms with Crippen LogP contribution in [0, 0.1) is 11.3 Å². The molecule has 16 heavy (non-hydrogen) atoms. The van der Waals surface area contributed by atoms with Crippen LogP contribution < -0.4 is 0 Å². The summed E-state index contributed by atoms with van der Waals surface area (Å²) in [6.45, 7) is 4.36. The second-order valence-corrected chi connectivity index (χ2v) is 4.19. The number of hydrogen-bond donors (Lipinski definition) is 1. The number of aliphatic hydroxyl groups is 1. The van der Waals surface area contributed by atoms with Crippen LogP contribution in [0.3, 0.4) is 0 Å². The Balaban J connectivity index is 2.67. The lowest BCUT2D eigenvalue weighted by Crippen LogP contribution is -1.98. The molecule has 0 aromatic heterocycles. The van der Waals surface area contributed by atoms with Crippen molar-refractivity contribution in [3.8, 4) is 6.07 Å². The van der Waals surface area contributed by atoms with Crippen LogP contribution >= 0.6 is 0 Å². The first-order valence-electron chi connectivity index (χ1n) is 5.84. The molecule has 2 heteroatoms. The van der Waals surface area contributed by atoms with Gasteiger partial charge in [-0.1, -0.05) is 38.1 Å². The van der Waals surface area contributed by atoms with E-state index < -0.39 is 6.10 Å². The van der Waals surface area contributed by atoms with Gasteiger partial charge in [0, 0.05) is 6.42 Å². The van der Waals surface area contributed by atoms with E-state index in [1.54, 1.807) is 0 Å². The van der Waals surface area contributed by atoms with Crippen molar-refractivity contribution in [2.24, 2.45) is 0 Å². The Kier molecular flexibility index (Phi) is 5.01. The van der Waals surface area contributed by atoms with E-state index in [1.165, 1.54) is 5.56 Å². The molecule has 0 aliphatic rings. The molecule has 1 N–H and O–H groups in total. The summed E-state index contributed by atoms with van der Waals surface area (Å²) >= 11 is 0. The van der Waals surface area contributed by atoms with E-state index >= 15 is 0 Å². The summed E-state index contributed by atoms with van der Waals surface area (Å²) < 4.78 is 0. The quantitative estimate of drug-likeness (QED) is 0.819. The fourth-order valence-electron chi connectivity index (χ4n) is 1.65. The minimum atomic E-state index is -0.509. The predicted molar refractivity (Wildman–Crippen MR) is 65.0 cm³/mol. The van der Waals surface area contributed by atoms with E-state index in [4.69, 9.17) is 5.26 Å². The van der Waals surface area contributed by atoms with E-state index in [0.717, 1.165) is 12.0 Å². The van der Waals surface area contributed by atoms with E-state index in [1.807, 2.05) is 18.2 Å².